The molecule has 0 unspecified atom stereocenters. The summed E-state index contributed by atoms with van der Waals surface area (Å²) < 4.78 is 6.76. The Morgan fingerprint density at radius 2 is 1.87 bits per heavy atom. The van der Waals surface area contributed by atoms with Crippen molar-refractivity contribution in [1.29, 1.82) is 0 Å². The number of esters is 1. The minimum absolute atomic E-state index is 0.0801. The molecular formula is C24H36N2O4. The fourth-order valence-corrected chi connectivity index (χ4v) is 4.88. The van der Waals surface area contributed by atoms with Crippen LogP contribution in [0.5, 0.6) is 0 Å². The number of ether oxygens (including phenoxy) is 1. The fraction of sp³-hybridized carbons (Fsp3) is 0.708. The molecule has 1 heterocycles. The SMILES string of the molecule is CC[C@@H](C)[C@H](NC(=O)c1cc2c(n(CC3CCCCC3)c1=O)CCCC2)C(=O)OC. The summed E-state index contributed by atoms with van der Waals surface area (Å²) in [5, 5.41) is 2.79. The van der Waals surface area contributed by atoms with Crippen LogP contribution in [-0.4, -0.2) is 29.6 Å². The van der Waals surface area contributed by atoms with E-state index in [1.807, 2.05) is 18.4 Å². The zero-order chi connectivity index (χ0) is 21.7. The van der Waals surface area contributed by atoms with Crippen molar-refractivity contribution in [3.8, 4) is 0 Å². The lowest BCUT2D eigenvalue weighted by Gasteiger charge is -2.28. The van der Waals surface area contributed by atoms with Crippen molar-refractivity contribution in [2.45, 2.75) is 90.6 Å². The number of nitrogens with one attached hydrogen (secondary N) is 1. The van der Waals surface area contributed by atoms with Crippen LogP contribution < -0.4 is 10.9 Å². The first kappa shape index (κ1) is 22.6. The molecule has 2 aliphatic carbocycles. The van der Waals surface area contributed by atoms with Gasteiger partial charge in [0.1, 0.15) is 11.6 Å². The summed E-state index contributed by atoms with van der Waals surface area (Å²) in [4.78, 5) is 38.7. The van der Waals surface area contributed by atoms with Crippen molar-refractivity contribution in [2.75, 3.05) is 7.11 Å². The molecule has 166 valence electrons. The Balaban J connectivity index is 1.93. The Labute approximate surface area is 179 Å². The predicted octanol–water partition coefficient (Wildman–Crippen LogP) is 3.62. The molecule has 2 aliphatic rings. The van der Waals surface area contributed by atoms with Crippen LogP contribution in [0.4, 0.5) is 0 Å². The van der Waals surface area contributed by atoms with E-state index in [2.05, 4.69) is 5.32 Å². The van der Waals surface area contributed by atoms with Gasteiger partial charge in [-0.1, -0.05) is 39.5 Å². The van der Waals surface area contributed by atoms with Gasteiger partial charge in [0.15, 0.2) is 0 Å². The lowest BCUT2D eigenvalue weighted by Crippen LogP contribution is -2.47. The third kappa shape index (κ3) is 4.96. The van der Waals surface area contributed by atoms with Gasteiger partial charge < -0.3 is 14.6 Å². The molecule has 1 aromatic heterocycles. The zero-order valence-corrected chi connectivity index (χ0v) is 18.7. The summed E-state index contributed by atoms with van der Waals surface area (Å²) in [6.45, 7) is 4.56. The standard InChI is InChI=1S/C24H36N2O4/c1-4-16(2)21(24(29)30-3)25-22(27)19-14-18-12-8-9-13-20(18)26(23(19)28)15-17-10-6-5-7-11-17/h14,16-17,21H,4-13,15H2,1-3H3,(H,25,27)/t16-,21+/m1/s1. The number of nitrogens with zero attached hydrogens (tertiary/aromatic N) is 1. The van der Waals surface area contributed by atoms with E-state index < -0.39 is 17.9 Å². The highest BCUT2D eigenvalue weighted by Crippen LogP contribution is 2.27. The number of hydrogen-bond donors (Lipinski definition) is 1. The summed E-state index contributed by atoms with van der Waals surface area (Å²) in [6.07, 6.45) is 10.7. The molecule has 1 N–H and O–H groups in total. The van der Waals surface area contributed by atoms with Crippen LogP contribution in [0, 0.1) is 11.8 Å². The second kappa shape index (κ2) is 10.3. The highest BCUT2D eigenvalue weighted by molar-refractivity contribution is 5.96. The molecule has 0 aromatic carbocycles. The topological polar surface area (TPSA) is 77.4 Å². The van der Waals surface area contributed by atoms with Crippen LogP contribution in [-0.2, 0) is 28.9 Å². The third-order valence-electron chi connectivity index (χ3n) is 6.97. The first-order chi connectivity index (χ1) is 14.5. The maximum absolute atomic E-state index is 13.4. The van der Waals surface area contributed by atoms with E-state index in [9.17, 15) is 14.4 Å². The molecule has 2 atom stereocenters. The molecule has 1 saturated carbocycles. The number of aromatic nitrogens is 1. The molecule has 0 aliphatic heterocycles. The van der Waals surface area contributed by atoms with Gasteiger partial charge in [0.2, 0.25) is 0 Å². The second-order valence-electron chi connectivity index (χ2n) is 9.02. The summed E-state index contributed by atoms with van der Waals surface area (Å²) in [7, 11) is 1.32. The molecule has 0 spiro atoms. The quantitative estimate of drug-likeness (QED) is 0.689. The number of aryl methyl sites for hydroxylation is 1. The van der Waals surface area contributed by atoms with Crippen molar-refractivity contribution in [3.05, 3.63) is 33.2 Å². The number of rotatable bonds is 7. The molecule has 3 rings (SSSR count). The molecule has 6 heteroatoms. The monoisotopic (exact) mass is 416 g/mol. The zero-order valence-electron chi connectivity index (χ0n) is 18.7. The first-order valence-electron chi connectivity index (χ1n) is 11.6. The van der Waals surface area contributed by atoms with E-state index >= 15 is 0 Å². The van der Waals surface area contributed by atoms with Crippen molar-refractivity contribution in [2.24, 2.45) is 11.8 Å². The average molecular weight is 417 g/mol. The highest BCUT2D eigenvalue weighted by atomic mass is 16.5. The fourth-order valence-electron chi connectivity index (χ4n) is 4.88. The molecule has 6 nitrogen and oxygen atoms in total. The van der Waals surface area contributed by atoms with E-state index in [-0.39, 0.29) is 17.0 Å². The molecule has 30 heavy (non-hydrogen) atoms. The Hall–Kier alpha value is -2.11. The van der Waals surface area contributed by atoms with E-state index in [1.165, 1.54) is 26.4 Å². The van der Waals surface area contributed by atoms with Crippen molar-refractivity contribution < 1.29 is 14.3 Å². The minimum atomic E-state index is -0.755. The van der Waals surface area contributed by atoms with Crippen LogP contribution in [0.3, 0.4) is 0 Å². The number of amides is 1. The van der Waals surface area contributed by atoms with Crippen LogP contribution in [0.2, 0.25) is 0 Å². The molecule has 1 fully saturated rings. The number of fused-ring (bicyclic) bond motifs is 1. The molecular weight excluding hydrogens is 380 g/mol. The number of hydrogen-bond acceptors (Lipinski definition) is 4. The van der Waals surface area contributed by atoms with Crippen LogP contribution >= 0.6 is 0 Å². The van der Waals surface area contributed by atoms with Gasteiger partial charge in [-0.2, -0.15) is 0 Å². The lowest BCUT2D eigenvalue weighted by atomic mass is 9.88. The van der Waals surface area contributed by atoms with Gasteiger partial charge in [0.05, 0.1) is 7.11 Å². The minimum Gasteiger partial charge on any atom is -0.467 e. The Morgan fingerprint density at radius 3 is 2.53 bits per heavy atom. The predicted molar refractivity (Wildman–Crippen MR) is 117 cm³/mol. The van der Waals surface area contributed by atoms with Crippen molar-refractivity contribution in [1.82, 2.24) is 9.88 Å². The number of carbonyl (C=O) groups excluding carboxylic acids is 2. The molecule has 0 radical (unpaired) electrons. The summed E-state index contributed by atoms with van der Waals surface area (Å²) in [5.74, 6) is -0.521. The van der Waals surface area contributed by atoms with Gasteiger partial charge in [-0.15, -0.1) is 0 Å². The van der Waals surface area contributed by atoms with Gasteiger partial charge in [-0.3, -0.25) is 9.59 Å². The van der Waals surface area contributed by atoms with E-state index in [1.54, 1.807) is 6.07 Å². The normalized spacial score (nSPS) is 18.9. The smallest absolute Gasteiger partial charge is 0.328 e. The van der Waals surface area contributed by atoms with Crippen LogP contribution in [0.15, 0.2) is 10.9 Å². The first-order valence-corrected chi connectivity index (χ1v) is 11.6. The van der Waals surface area contributed by atoms with Crippen LogP contribution in [0.25, 0.3) is 0 Å². The van der Waals surface area contributed by atoms with Gasteiger partial charge in [0.25, 0.3) is 11.5 Å². The van der Waals surface area contributed by atoms with Crippen molar-refractivity contribution in [3.63, 3.8) is 0 Å². The van der Waals surface area contributed by atoms with Gasteiger partial charge >= 0.3 is 5.97 Å². The lowest BCUT2D eigenvalue weighted by molar-refractivity contribution is -0.144. The molecule has 1 aromatic rings. The van der Waals surface area contributed by atoms with Crippen molar-refractivity contribution >= 4 is 11.9 Å². The van der Waals surface area contributed by atoms with E-state index in [0.29, 0.717) is 12.5 Å². The van der Waals surface area contributed by atoms with E-state index in [0.717, 1.165) is 56.2 Å². The number of methoxy groups -OCH3 is 1. The third-order valence-corrected chi connectivity index (χ3v) is 6.97. The molecule has 1 amide bonds. The van der Waals surface area contributed by atoms with Gasteiger partial charge in [-0.25, -0.2) is 4.79 Å². The molecule has 0 bridgehead atoms. The van der Waals surface area contributed by atoms with Crippen LogP contribution in [0.1, 0.15) is 86.8 Å². The average Bonchev–Trinajstić information content (AvgIpc) is 2.78. The highest BCUT2D eigenvalue weighted by Gasteiger charge is 2.29. The maximum Gasteiger partial charge on any atom is 0.328 e. The Kier molecular flexibility index (Phi) is 7.73. The summed E-state index contributed by atoms with van der Waals surface area (Å²) in [5.41, 5.74) is 2.16. The molecule has 0 saturated heterocycles. The maximum atomic E-state index is 13.4. The second-order valence-corrected chi connectivity index (χ2v) is 9.02. The van der Waals surface area contributed by atoms with Gasteiger partial charge in [0, 0.05) is 12.2 Å². The number of pyridine rings is 1. The largest absolute Gasteiger partial charge is 0.467 e. The summed E-state index contributed by atoms with van der Waals surface area (Å²) >= 11 is 0. The summed E-state index contributed by atoms with van der Waals surface area (Å²) in [6, 6.07) is 1.02. The van der Waals surface area contributed by atoms with E-state index in [4.69, 9.17) is 4.74 Å². The Bertz CT molecular complexity index is 823. The van der Waals surface area contributed by atoms with Gasteiger partial charge in [-0.05, 0) is 62.0 Å². The Morgan fingerprint density at radius 1 is 1.17 bits per heavy atom. The number of carbonyl (C=O) groups is 2.